The predicted molar refractivity (Wildman–Crippen MR) is 99.4 cm³/mol. The third-order valence-electron chi connectivity index (χ3n) is 3.30. The van der Waals surface area contributed by atoms with Crippen LogP contribution < -0.4 is 20.3 Å². The van der Waals surface area contributed by atoms with E-state index < -0.39 is 11.8 Å². The lowest BCUT2D eigenvalue weighted by molar-refractivity contribution is -0.128. The van der Waals surface area contributed by atoms with E-state index in [2.05, 4.69) is 10.9 Å². The van der Waals surface area contributed by atoms with Gasteiger partial charge in [0.15, 0.2) is 18.1 Å². The second-order valence-corrected chi connectivity index (χ2v) is 5.25. The molecule has 7 nitrogen and oxygen atoms in total. The molecule has 2 aromatic rings. The molecule has 0 fully saturated rings. The third kappa shape index (κ3) is 6.21. The van der Waals surface area contributed by atoms with Crippen LogP contribution in [0.25, 0.3) is 6.08 Å². The first-order valence-corrected chi connectivity index (χ1v) is 8.24. The normalized spacial score (nSPS) is 10.4. The molecule has 0 bridgehead atoms. The number of nitrogens with zero attached hydrogens (tertiary/aromatic N) is 1. The van der Waals surface area contributed by atoms with Crippen molar-refractivity contribution in [3.05, 3.63) is 65.7 Å². The SMILES string of the molecule is CCOc1ccccc1OCC(=O)NNC(=O)C(C#N)=Cc1ccccc1. The van der Waals surface area contributed by atoms with Gasteiger partial charge in [-0.05, 0) is 30.7 Å². The highest BCUT2D eigenvalue weighted by Crippen LogP contribution is 2.26. The van der Waals surface area contributed by atoms with Crippen molar-refractivity contribution in [1.29, 1.82) is 5.26 Å². The highest BCUT2D eigenvalue weighted by molar-refractivity contribution is 6.02. The molecule has 0 radical (unpaired) electrons. The summed E-state index contributed by atoms with van der Waals surface area (Å²) in [5.74, 6) is -0.354. The van der Waals surface area contributed by atoms with Crippen LogP contribution in [0.2, 0.25) is 0 Å². The van der Waals surface area contributed by atoms with Gasteiger partial charge in [-0.1, -0.05) is 42.5 Å². The van der Waals surface area contributed by atoms with Crippen LogP contribution in [0.15, 0.2) is 60.2 Å². The maximum Gasteiger partial charge on any atom is 0.280 e. The van der Waals surface area contributed by atoms with Gasteiger partial charge in [0.25, 0.3) is 11.8 Å². The lowest BCUT2D eigenvalue weighted by Gasteiger charge is -2.11. The number of benzene rings is 2. The van der Waals surface area contributed by atoms with Crippen molar-refractivity contribution in [2.45, 2.75) is 6.92 Å². The summed E-state index contributed by atoms with van der Waals surface area (Å²) >= 11 is 0. The van der Waals surface area contributed by atoms with Gasteiger partial charge in [0.05, 0.1) is 6.61 Å². The quantitative estimate of drug-likeness (QED) is 0.445. The van der Waals surface area contributed by atoms with Gasteiger partial charge in [0, 0.05) is 0 Å². The highest BCUT2D eigenvalue weighted by Gasteiger charge is 2.11. The number of hydrogen-bond acceptors (Lipinski definition) is 5. The smallest absolute Gasteiger partial charge is 0.280 e. The van der Waals surface area contributed by atoms with Crippen LogP contribution in [0.1, 0.15) is 12.5 Å². The Balaban J connectivity index is 1.87. The van der Waals surface area contributed by atoms with E-state index >= 15 is 0 Å². The van der Waals surface area contributed by atoms with Crippen molar-refractivity contribution in [1.82, 2.24) is 10.9 Å². The van der Waals surface area contributed by atoms with Crippen molar-refractivity contribution in [3.8, 4) is 17.6 Å². The van der Waals surface area contributed by atoms with E-state index in [-0.39, 0.29) is 12.2 Å². The molecule has 0 spiro atoms. The molecule has 7 heteroatoms. The number of hydrazine groups is 1. The second kappa shape index (κ2) is 10.3. The molecule has 2 amide bonds. The summed E-state index contributed by atoms with van der Waals surface area (Å²) in [6.45, 7) is 1.98. The molecular weight excluding hydrogens is 346 g/mol. The molecule has 0 atom stereocenters. The van der Waals surface area contributed by atoms with Gasteiger partial charge in [-0.2, -0.15) is 5.26 Å². The first kappa shape index (κ1) is 19.5. The third-order valence-corrected chi connectivity index (χ3v) is 3.30. The maximum atomic E-state index is 12.0. The maximum absolute atomic E-state index is 12.0. The number of nitriles is 1. The Bertz CT molecular complexity index is 857. The lowest BCUT2D eigenvalue weighted by Crippen LogP contribution is -2.44. The summed E-state index contributed by atoms with van der Waals surface area (Å²) in [6, 6.07) is 17.7. The molecule has 0 saturated carbocycles. The molecule has 0 aromatic heterocycles. The summed E-state index contributed by atoms with van der Waals surface area (Å²) in [5.41, 5.74) is 4.96. The van der Waals surface area contributed by atoms with Crippen molar-refractivity contribution < 1.29 is 19.1 Å². The Hall–Kier alpha value is -3.79. The zero-order chi connectivity index (χ0) is 19.5. The Morgan fingerprint density at radius 1 is 1.00 bits per heavy atom. The second-order valence-electron chi connectivity index (χ2n) is 5.25. The number of amides is 2. The van der Waals surface area contributed by atoms with Crippen LogP contribution in [0, 0.1) is 11.3 Å². The monoisotopic (exact) mass is 365 g/mol. The summed E-state index contributed by atoms with van der Waals surface area (Å²) < 4.78 is 10.8. The number of hydrogen-bond donors (Lipinski definition) is 2. The Morgan fingerprint density at radius 2 is 1.63 bits per heavy atom. The zero-order valence-corrected chi connectivity index (χ0v) is 14.8. The minimum Gasteiger partial charge on any atom is -0.490 e. The fourth-order valence-corrected chi connectivity index (χ4v) is 2.08. The molecule has 138 valence electrons. The number of carbonyl (C=O) groups is 2. The molecule has 0 saturated heterocycles. The van der Waals surface area contributed by atoms with Crippen molar-refractivity contribution in [2.24, 2.45) is 0 Å². The summed E-state index contributed by atoms with van der Waals surface area (Å²) in [5, 5.41) is 9.13. The summed E-state index contributed by atoms with van der Waals surface area (Å²) in [4.78, 5) is 23.9. The largest absolute Gasteiger partial charge is 0.490 e. The van der Waals surface area contributed by atoms with E-state index in [1.54, 1.807) is 54.6 Å². The predicted octanol–water partition coefficient (Wildman–Crippen LogP) is 2.22. The van der Waals surface area contributed by atoms with Crippen LogP contribution in [-0.2, 0) is 9.59 Å². The number of rotatable bonds is 7. The van der Waals surface area contributed by atoms with E-state index in [9.17, 15) is 9.59 Å². The van der Waals surface area contributed by atoms with Crippen LogP contribution >= 0.6 is 0 Å². The minimum absolute atomic E-state index is 0.135. The van der Waals surface area contributed by atoms with E-state index in [0.717, 1.165) is 0 Å². The molecule has 0 heterocycles. The first-order chi connectivity index (χ1) is 13.1. The standard InChI is InChI=1S/C20H19N3O4/c1-2-26-17-10-6-7-11-18(17)27-14-19(24)22-23-20(25)16(13-21)12-15-8-4-3-5-9-15/h3-12H,2,14H2,1H3,(H,22,24)(H,23,25). The van der Waals surface area contributed by atoms with Crippen LogP contribution in [-0.4, -0.2) is 25.0 Å². The van der Waals surface area contributed by atoms with Crippen molar-refractivity contribution in [2.75, 3.05) is 13.2 Å². The minimum atomic E-state index is -0.718. The molecular formula is C20H19N3O4. The molecule has 2 aromatic carbocycles. The van der Waals surface area contributed by atoms with Gasteiger partial charge in [-0.3, -0.25) is 20.4 Å². The van der Waals surface area contributed by atoms with Crippen molar-refractivity contribution >= 4 is 17.9 Å². The topological polar surface area (TPSA) is 100 Å². The van der Waals surface area contributed by atoms with Crippen molar-refractivity contribution in [3.63, 3.8) is 0 Å². The van der Waals surface area contributed by atoms with E-state index in [1.807, 2.05) is 13.0 Å². The summed E-state index contributed by atoms with van der Waals surface area (Å²) in [7, 11) is 0. The number of carbonyl (C=O) groups excluding carboxylic acids is 2. The highest BCUT2D eigenvalue weighted by atomic mass is 16.5. The Morgan fingerprint density at radius 3 is 2.26 bits per heavy atom. The molecule has 0 unspecified atom stereocenters. The van der Waals surface area contributed by atoms with Gasteiger partial charge in [0.1, 0.15) is 11.6 Å². The van der Waals surface area contributed by atoms with Crippen LogP contribution in [0.5, 0.6) is 11.5 Å². The van der Waals surface area contributed by atoms with Gasteiger partial charge >= 0.3 is 0 Å². The average Bonchev–Trinajstić information content (AvgIpc) is 2.70. The van der Waals surface area contributed by atoms with Gasteiger partial charge < -0.3 is 9.47 Å². The Labute approximate surface area is 157 Å². The van der Waals surface area contributed by atoms with E-state index in [0.29, 0.717) is 23.7 Å². The number of ether oxygens (including phenoxy) is 2. The molecule has 2 N–H and O–H groups in total. The van der Waals surface area contributed by atoms with Gasteiger partial charge in [0.2, 0.25) is 0 Å². The number of nitrogens with one attached hydrogen (secondary N) is 2. The van der Waals surface area contributed by atoms with E-state index in [4.69, 9.17) is 14.7 Å². The molecule has 2 rings (SSSR count). The number of para-hydroxylation sites is 2. The first-order valence-electron chi connectivity index (χ1n) is 8.24. The lowest BCUT2D eigenvalue weighted by atomic mass is 10.1. The molecule has 0 aliphatic heterocycles. The Kier molecular flexibility index (Phi) is 7.42. The summed E-state index contributed by atoms with van der Waals surface area (Å²) in [6.07, 6.45) is 1.43. The molecule has 27 heavy (non-hydrogen) atoms. The zero-order valence-electron chi connectivity index (χ0n) is 14.8. The van der Waals surface area contributed by atoms with Gasteiger partial charge in [-0.25, -0.2) is 0 Å². The van der Waals surface area contributed by atoms with E-state index in [1.165, 1.54) is 6.08 Å². The van der Waals surface area contributed by atoms with Crippen LogP contribution in [0.3, 0.4) is 0 Å². The molecule has 0 aliphatic carbocycles. The van der Waals surface area contributed by atoms with Crippen LogP contribution in [0.4, 0.5) is 0 Å². The average molecular weight is 365 g/mol. The fourth-order valence-electron chi connectivity index (χ4n) is 2.08. The molecule has 0 aliphatic rings. The van der Waals surface area contributed by atoms with Gasteiger partial charge in [-0.15, -0.1) is 0 Å². The fraction of sp³-hybridized carbons (Fsp3) is 0.150.